The first-order valence-corrected chi connectivity index (χ1v) is 11.7. The smallest absolute Gasteiger partial charge is 0.341 e. The zero-order valence-corrected chi connectivity index (χ0v) is 19.8. The molecule has 1 heterocycles. The summed E-state index contributed by atoms with van der Waals surface area (Å²) in [7, 11) is 0. The summed E-state index contributed by atoms with van der Waals surface area (Å²) in [4.78, 5) is 26.6. The van der Waals surface area contributed by atoms with Gasteiger partial charge in [-0.2, -0.15) is 0 Å². The fraction of sp³-hybridized carbons (Fsp3) is 0.429. The van der Waals surface area contributed by atoms with E-state index in [-0.39, 0.29) is 12.5 Å². The van der Waals surface area contributed by atoms with Gasteiger partial charge in [-0.05, 0) is 56.7 Å². The molecule has 0 bridgehead atoms. The number of benzene rings is 1. The summed E-state index contributed by atoms with van der Waals surface area (Å²) in [5.41, 5.74) is 2.74. The number of carbonyl (C=O) groups is 2. The van der Waals surface area contributed by atoms with Crippen molar-refractivity contribution in [3.63, 3.8) is 0 Å². The van der Waals surface area contributed by atoms with Gasteiger partial charge in [0.15, 0.2) is 0 Å². The molecule has 1 aromatic heterocycles. The van der Waals surface area contributed by atoms with E-state index >= 15 is 0 Å². The number of hydrogen-bond donors (Lipinski definition) is 2. The fourth-order valence-corrected chi connectivity index (χ4v) is 5.09. The summed E-state index contributed by atoms with van der Waals surface area (Å²) in [5.74, 6) is -0.788. The van der Waals surface area contributed by atoms with Gasteiger partial charge < -0.3 is 15.4 Å². The highest BCUT2D eigenvalue weighted by atomic mass is 35.6. The van der Waals surface area contributed by atoms with E-state index in [1.807, 2.05) is 19.1 Å². The molecule has 0 fully saturated rings. The van der Waals surface area contributed by atoms with E-state index in [4.69, 9.17) is 39.5 Å². The van der Waals surface area contributed by atoms with Crippen LogP contribution in [-0.2, 0) is 17.6 Å². The van der Waals surface area contributed by atoms with Gasteiger partial charge in [0, 0.05) is 10.4 Å². The summed E-state index contributed by atoms with van der Waals surface area (Å²) in [6, 6.07) is 7.15. The average molecular weight is 490 g/mol. The summed E-state index contributed by atoms with van der Waals surface area (Å²) in [6.07, 6.45) is 2.71. The number of carbonyl (C=O) groups excluding carboxylic acids is 2. The van der Waals surface area contributed by atoms with E-state index in [2.05, 4.69) is 10.6 Å². The number of halogens is 3. The number of esters is 1. The van der Waals surface area contributed by atoms with Gasteiger partial charge in [0.05, 0.1) is 12.2 Å². The van der Waals surface area contributed by atoms with Crippen molar-refractivity contribution >= 4 is 63.0 Å². The Morgan fingerprint density at radius 1 is 1.20 bits per heavy atom. The zero-order valence-electron chi connectivity index (χ0n) is 16.7. The van der Waals surface area contributed by atoms with Gasteiger partial charge in [0.1, 0.15) is 11.2 Å². The maximum Gasteiger partial charge on any atom is 0.341 e. The number of nitrogens with one attached hydrogen (secondary N) is 2. The molecule has 0 spiro atoms. The van der Waals surface area contributed by atoms with Gasteiger partial charge in [-0.25, -0.2) is 4.79 Å². The Balaban J connectivity index is 1.92. The van der Waals surface area contributed by atoms with Crippen LogP contribution >= 0.6 is 46.1 Å². The van der Waals surface area contributed by atoms with E-state index in [0.717, 1.165) is 41.7 Å². The second-order valence-electron chi connectivity index (χ2n) is 7.04. The molecule has 5 nitrogen and oxygen atoms in total. The van der Waals surface area contributed by atoms with E-state index in [9.17, 15) is 9.59 Å². The number of ether oxygens (including phenoxy) is 1. The van der Waals surface area contributed by atoms with E-state index in [0.29, 0.717) is 16.1 Å². The Morgan fingerprint density at radius 3 is 2.57 bits per heavy atom. The molecule has 2 N–H and O–H groups in total. The summed E-state index contributed by atoms with van der Waals surface area (Å²) in [5, 5.41) is 6.39. The molecular formula is C21H23Cl3N2O3S. The molecular weight excluding hydrogens is 467 g/mol. The average Bonchev–Trinajstić information content (AvgIpc) is 3.05. The lowest BCUT2D eigenvalue weighted by Crippen LogP contribution is -2.49. The standard InChI is InChI=1S/C21H23Cl3N2O3S/c1-3-29-19(28)16-14-10-6-7-11-15(14)30-18(16)26-20(21(22,23)24)25-17(27)13-9-5-4-8-12(13)2/h4-5,8-9,20,26H,3,6-7,10-11H2,1-2H3,(H,25,27)/t20-/m0/s1. The first-order chi connectivity index (χ1) is 14.2. The van der Waals surface area contributed by atoms with Crippen LogP contribution in [0.5, 0.6) is 0 Å². The number of anilines is 1. The van der Waals surface area contributed by atoms with Crippen molar-refractivity contribution in [1.82, 2.24) is 5.32 Å². The largest absolute Gasteiger partial charge is 0.462 e. The van der Waals surface area contributed by atoms with Crippen LogP contribution in [0, 0.1) is 6.92 Å². The van der Waals surface area contributed by atoms with Gasteiger partial charge >= 0.3 is 5.97 Å². The maximum atomic E-state index is 12.8. The normalized spacial score (nSPS) is 14.6. The molecule has 1 atom stereocenters. The van der Waals surface area contributed by atoms with Gasteiger partial charge in [-0.1, -0.05) is 53.0 Å². The lowest BCUT2D eigenvalue weighted by atomic mass is 9.95. The third-order valence-corrected chi connectivity index (χ3v) is 6.80. The maximum absolute atomic E-state index is 12.8. The number of thiophene rings is 1. The number of alkyl halides is 3. The van der Waals surface area contributed by atoms with E-state index in [1.54, 1.807) is 19.1 Å². The molecule has 30 heavy (non-hydrogen) atoms. The van der Waals surface area contributed by atoms with Crippen molar-refractivity contribution < 1.29 is 14.3 Å². The molecule has 0 unspecified atom stereocenters. The lowest BCUT2D eigenvalue weighted by molar-refractivity contribution is 0.0526. The molecule has 1 aliphatic carbocycles. The van der Waals surface area contributed by atoms with Gasteiger partial charge in [-0.15, -0.1) is 11.3 Å². The SMILES string of the molecule is CCOC(=O)c1c(N[C@H](NC(=O)c2ccccc2C)C(Cl)(Cl)Cl)sc2c1CCCC2. The highest BCUT2D eigenvalue weighted by Gasteiger charge is 2.37. The van der Waals surface area contributed by atoms with Crippen LogP contribution in [0.4, 0.5) is 5.00 Å². The second-order valence-corrected chi connectivity index (χ2v) is 10.5. The predicted octanol–water partition coefficient (Wildman–Crippen LogP) is 5.65. The highest BCUT2D eigenvalue weighted by Crippen LogP contribution is 2.41. The minimum absolute atomic E-state index is 0.265. The molecule has 9 heteroatoms. The molecule has 0 radical (unpaired) electrons. The van der Waals surface area contributed by atoms with Gasteiger partial charge in [-0.3, -0.25) is 4.79 Å². The molecule has 0 saturated carbocycles. The van der Waals surface area contributed by atoms with Crippen LogP contribution in [0.25, 0.3) is 0 Å². The fourth-order valence-electron chi connectivity index (χ4n) is 3.45. The Bertz CT molecular complexity index is 940. The monoisotopic (exact) mass is 488 g/mol. The third-order valence-electron chi connectivity index (χ3n) is 4.92. The highest BCUT2D eigenvalue weighted by molar-refractivity contribution is 7.16. The molecule has 1 amide bonds. The van der Waals surface area contributed by atoms with E-state index < -0.39 is 15.9 Å². The van der Waals surface area contributed by atoms with Crippen LogP contribution in [0.2, 0.25) is 0 Å². The second kappa shape index (κ2) is 9.77. The van der Waals surface area contributed by atoms with Crippen molar-refractivity contribution in [3.05, 3.63) is 51.4 Å². The first kappa shape index (κ1) is 23.2. The molecule has 0 saturated heterocycles. The zero-order chi connectivity index (χ0) is 21.9. The number of fused-ring (bicyclic) bond motifs is 1. The van der Waals surface area contributed by atoms with Crippen molar-refractivity contribution in [3.8, 4) is 0 Å². The minimum atomic E-state index is -1.85. The number of amides is 1. The quantitative estimate of drug-likeness (QED) is 0.312. The third kappa shape index (κ3) is 5.22. The minimum Gasteiger partial charge on any atom is -0.462 e. The number of hydrogen-bond acceptors (Lipinski definition) is 5. The van der Waals surface area contributed by atoms with Gasteiger partial charge in [0.2, 0.25) is 3.79 Å². The molecule has 162 valence electrons. The Kier molecular flexibility index (Phi) is 7.56. The van der Waals surface area contributed by atoms with Crippen LogP contribution in [0.3, 0.4) is 0 Å². The number of aryl methyl sites for hydroxylation is 2. The van der Waals surface area contributed by atoms with Crippen molar-refractivity contribution in [2.45, 2.75) is 49.5 Å². The molecule has 3 rings (SSSR count). The van der Waals surface area contributed by atoms with Crippen molar-refractivity contribution in [2.24, 2.45) is 0 Å². The van der Waals surface area contributed by atoms with E-state index in [1.165, 1.54) is 11.3 Å². The lowest BCUT2D eigenvalue weighted by Gasteiger charge is -2.27. The van der Waals surface area contributed by atoms with Crippen molar-refractivity contribution in [1.29, 1.82) is 0 Å². The Morgan fingerprint density at radius 2 is 1.90 bits per heavy atom. The molecule has 2 aromatic rings. The number of rotatable bonds is 6. The Hall–Kier alpha value is -1.47. The summed E-state index contributed by atoms with van der Waals surface area (Å²) >= 11 is 20.0. The topological polar surface area (TPSA) is 67.4 Å². The van der Waals surface area contributed by atoms with Crippen molar-refractivity contribution in [2.75, 3.05) is 11.9 Å². The van der Waals surface area contributed by atoms with Gasteiger partial charge in [0.25, 0.3) is 5.91 Å². The summed E-state index contributed by atoms with van der Waals surface area (Å²) < 4.78 is 3.42. The molecule has 0 aliphatic heterocycles. The van der Waals surface area contributed by atoms with Crippen LogP contribution in [0.1, 0.15) is 56.5 Å². The summed E-state index contributed by atoms with van der Waals surface area (Å²) in [6.45, 7) is 3.86. The van der Waals surface area contributed by atoms with Crippen LogP contribution in [-0.4, -0.2) is 28.4 Å². The molecule has 1 aliphatic rings. The molecule has 1 aromatic carbocycles. The predicted molar refractivity (Wildman–Crippen MR) is 123 cm³/mol. The Labute approximate surface area is 195 Å². The van der Waals surface area contributed by atoms with Crippen LogP contribution in [0.15, 0.2) is 24.3 Å². The van der Waals surface area contributed by atoms with Crippen LogP contribution < -0.4 is 10.6 Å². The first-order valence-electron chi connectivity index (χ1n) is 9.73.